The van der Waals surface area contributed by atoms with E-state index in [2.05, 4.69) is 40.6 Å². The zero-order valence-corrected chi connectivity index (χ0v) is 83.3. The number of aldehydes is 1. The van der Waals surface area contributed by atoms with Crippen molar-refractivity contribution in [2.45, 2.75) is 130 Å². The first-order valence-electron chi connectivity index (χ1n) is 41.7. The van der Waals surface area contributed by atoms with Gasteiger partial charge in [0.15, 0.2) is 23.5 Å². The van der Waals surface area contributed by atoms with Gasteiger partial charge in [-0.15, -0.1) is 0 Å². The molecule has 0 radical (unpaired) electrons. The summed E-state index contributed by atoms with van der Waals surface area (Å²) in [5.41, 5.74) is 2.10. The lowest BCUT2D eigenvalue weighted by molar-refractivity contribution is -0.0458. The molecule has 14 rings (SSSR count). The molecule has 0 aliphatic carbocycles. The van der Waals surface area contributed by atoms with E-state index in [1.165, 1.54) is 54.1 Å². The number of carbonyl (C=O) groups excluding carboxylic acids is 4. The van der Waals surface area contributed by atoms with Crippen LogP contribution in [0.5, 0.6) is 34.5 Å². The molecule has 131 heavy (non-hydrogen) atoms. The Hall–Kier alpha value is -7.81. The highest BCUT2D eigenvalue weighted by atomic mass is 35.5. The van der Waals surface area contributed by atoms with Crippen molar-refractivity contribution in [2.24, 2.45) is 16.2 Å². The molecule has 0 aromatic heterocycles. The Balaban J connectivity index is 0.000000244. The Bertz CT molecular complexity index is 5010. The zero-order chi connectivity index (χ0) is 98.7. The third-order valence-electron chi connectivity index (χ3n) is 21.3. The molecule has 3 amide bonds. The van der Waals surface area contributed by atoms with Gasteiger partial charge in [0, 0.05) is 119 Å². The lowest BCUT2D eigenvalue weighted by Gasteiger charge is -2.54. The van der Waals surface area contributed by atoms with Crippen LogP contribution in [0.1, 0.15) is 125 Å². The number of aromatic hydroxyl groups is 1. The van der Waals surface area contributed by atoms with Crippen LogP contribution in [0.25, 0.3) is 14.5 Å². The molecule has 2 N–H and O–H groups in total. The Morgan fingerprint density at radius 2 is 0.740 bits per heavy atom. The highest BCUT2D eigenvalue weighted by molar-refractivity contribution is 6.41. The topological polar surface area (TPSA) is 225 Å². The first-order valence-corrected chi connectivity index (χ1v) is 45.1. The van der Waals surface area contributed by atoms with Crippen LogP contribution < -0.4 is 43.7 Å². The Labute approximate surface area is 818 Å². The molecule has 8 saturated heterocycles. The number of hydrogen-bond donors (Lipinski definition) is 2. The number of nitrogens with one attached hydrogen (secondary N) is 1. The van der Waals surface area contributed by atoms with Crippen LogP contribution in [0.15, 0.2) is 48.5 Å². The maximum atomic E-state index is 13.0. The van der Waals surface area contributed by atoms with Gasteiger partial charge in [-0.05, 0) is 175 Å². The minimum atomic E-state index is -1.00. The standard InChI is InChI=1S/C24H33ClN4O4.C20H25Cl2N3O3.C12H22N2O2.C8H4Cl2FNO.C8H5Cl2FO2.C7H5Cl2FO.C6H3Cl2FO.C4H8O.CH3F/c1-23(2,3)33-22(30)29-15-24(16-29)6-8-27(9-7-24)17-14-18(28-10-12-32-13-11-28)21(31-5)19(25)20(17)26-4;1-19(2,3)28-18(26)25-11-20(12-25)6-8-24(9-7-20)14-10-13(21)17(27-5)15(22)16(14)23-4;1-11(2,3)16-10(15)14-8-12(9-14)4-6-13-7-5-12;1-12-7-5(11)3-4(9)8(13-2)6(7)10;1-13-8-5(9)2-6(11)4(3-12)7(8)10;1-11-7-5(8)2-4(10)3-6(7)9;7-4-1-3(9)2-5(8)6(4)10;1-2-4-5-3-1;1-2/h14H,6-13,15-16H2,1-3,5H3;10H,6-9,11-12H2,1-3,5H3;13H,4-9H2,1-3H3;3H,2H3;2-3H,1H3;2-3H,1H3;1-2,10H;1-4H2;1H3/i;;;;;;;;1D. The number of halogens is 16. The van der Waals surface area contributed by atoms with Crippen molar-refractivity contribution in [3.63, 3.8) is 0 Å². The molecule has 8 aliphatic rings. The van der Waals surface area contributed by atoms with Gasteiger partial charge in [0.25, 0.3) is 0 Å². The summed E-state index contributed by atoms with van der Waals surface area (Å²) in [5.74, 6) is -1.42. The van der Waals surface area contributed by atoms with Gasteiger partial charge < -0.3 is 87.2 Å². The maximum absolute atomic E-state index is 13.0. The molecule has 6 aromatic rings. The molecular weight excluding hydrogens is 1950 g/mol. The minimum Gasteiger partial charge on any atom is -0.505 e. The molecule has 8 aliphatic heterocycles. The lowest BCUT2D eigenvalue weighted by atomic mass is 9.72. The molecule has 0 atom stereocenters. The van der Waals surface area contributed by atoms with Crippen molar-refractivity contribution in [2.75, 3.05) is 175 Å². The van der Waals surface area contributed by atoms with E-state index in [-0.39, 0.29) is 108 Å². The van der Waals surface area contributed by atoms with Crippen molar-refractivity contribution in [1.82, 2.24) is 20.0 Å². The van der Waals surface area contributed by atoms with Crippen molar-refractivity contribution in [3.05, 3.63) is 167 Å². The van der Waals surface area contributed by atoms with Crippen molar-refractivity contribution >= 4 is 186 Å². The molecule has 8 heterocycles. The number of ether oxygens (including phenoxy) is 10. The second-order valence-electron chi connectivity index (χ2n) is 34.0. The van der Waals surface area contributed by atoms with Crippen LogP contribution in [0.4, 0.5) is 70.5 Å². The summed E-state index contributed by atoms with van der Waals surface area (Å²) in [6.45, 7) is 53.8. The molecule has 25 nitrogen and oxygen atoms in total. The molecule has 0 bridgehead atoms. The van der Waals surface area contributed by atoms with E-state index in [1.807, 2.05) is 67.2 Å². The van der Waals surface area contributed by atoms with Crippen LogP contribution in [0.2, 0.25) is 55.2 Å². The number of rotatable bonds is 9. The van der Waals surface area contributed by atoms with Crippen molar-refractivity contribution in [3.8, 4) is 34.5 Å². The van der Waals surface area contributed by atoms with Gasteiger partial charge in [0.2, 0.25) is 17.1 Å². The molecule has 8 fully saturated rings. The van der Waals surface area contributed by atoms with E-state index in [4.69, 9.17) is 201 Å². The summed E-state index contributed by atoms with van der Waals surface area (Å²) >= 11 is 63.7. The molecule has 3 spiro atoms. The molecule has 0 unspecified atom stereocenters. The van der Waals surface area contributed by atoms with Gasteiger partial charge in [-0.1, -0.05) is 128 Å². The normalized spacial score (nSPS) is 16.6. The van der Waals surface area contributed by atoms with Gasteiger partial charge in [-0.25, -0.2) is 46.5 Å². The van der Waals surface area contributed by atoms with Crippen LogP contribution >= 0.6 is 128 Å². The number of benzene rings is 6. The minimum absolute atomic E-state index is 0.0376. The highest BCUT2D eigenvalue weighted by Crippen LogP contribution is 2.53. The number of hydrogen-bond acceptors (Lipinski definition) is 19. The van der Waals surface area contributed by atoms with Gasteiger partial charge in [-0.2, -0.15) is 0 Å². The Morgan fingerprint density at radius 1 is 0.435 bits per heavy atom. The number of phenolic OH excluding ortho intramolecular Hbond substituents is 1. The summed E-state index contributed by atoms with van der Waals surface area (Å²) in [4.78, 5) is 69.0. The van der Waals surface area contributed by atoms with Gasteiger partial charge in [-0.3, -0.25) is 9.18 Å². The highest BCUT2D eigenvalue weighted by Gasteiger charge is 2.51. The van der Waals surface area contributed by atoms with Crippen molar-refractivity contribution in [1.29, 1.82) is 0 Å². The summed E-state index contributed by atoms with van der Waals surface area (Å²) in [6.07, 6.45) is 8.40. The fraction of sp³-hybridized carbons (Fsp3) is 0.522. The van der Waals surface area contributed by atoms with Gasteiger partial charge >= 0.3 is 18.3 Å². The van der Waals surface area contributed by atoms with Crippen LogP contribution in [-0.4, -0.2) is 222 Å². The van der Waals surface area contributed by atoms with E-state index in [0.29, 0.717) is 63.6 Å². The predicted octanol–water partition coefficient (Wildman–Crippen LogP) is 25.6. The van der Waals surface area contributed by atoms with Crippen molar-refractivity contribution < 1.29 is 95.0 Å². The first-order chi connectivity index (χ1) is 62.0. The van der Waals surface area contributed by atoms with Crippen LogP contribution in [0, 0.1) is 59.2 Å². The third-order valence-corrected chi connectivity index (χ3v) is 24.7. The number of anilines is 3. The van der Waals surface area contributed by atoms with E-state index < -0.39 is 41.6 Å². The first kappa shape index (κ1) is 110. The number of likely N-dealkylation sites (tertiary alicyclic amines) is 3. The molecule has 41 heteroatoms. The molecular formula is C90H108Cl11F5N10O15. The smallest absolute Gasteiger partial charge is 0.410 e. The van der Waals surface area contributed by atoms with E-state index in [9.17, 15) is 41.1 Å². The third kappa shape index (κ3) is 31.1. The van der Waals surface area contributed by atoms with Gasteiger partial charge in [0.1, 0.15) is 57.3 Å². The lowest BCUT2D eigenvalue weighted by Crippen LogP contribution is -2.62. The fourth-order valence-corrected chi connectivity index (χ4v) is 18.1. The molecule has 0 saturated carbocycles. The molecule has 6 aromatic carbocycles. The summed E-state index contributed by atoms with van der Waals surface area (Å²) in [6, 6.07) is 10.1. The number of phenols is 1. The average molecular weight is 2060 g/mol. The van der Waals surface area contributed by atoms with E-state index >= 15 is 0 Å². The molecule has 720 valence electrons. The zero-order valence-electron chi connectivity index (χ0n) is 76.0. The monoisotopic (exact) mass is 2050 g/mol. The predicted molar refractivity (Wildman–Crippen MR) is 508 cm³/mol. The number of methoxy groups -OCH3 is 5. The summed E-state index contributed by atoms with van der Waals surface area (Å²) in [7, 11) is 6.18. The second kappa shape index (κ2) is 50.7. The second-order valence-corrected chi connectivity index (χ2v) is 38.4. The quantitative estimate of drug-likeness (QED) is 0.0594. The Morgan fingerprint density at radius 3 is 1.08 bits per heavy atom. The van der Waals surface area contributed by atoms with Gasteiger partial charge in [0.05, 0.1) is 144 Å². The maximum Gasteiger partial charge on any atom is 0.410 e. The number of alkyl halides is 1. The van der Waals surface area contributed by atoms with Crippen LogP contribution in [0.3, 0.4) is 0 Å². The number of nitrogens with zero attached hydrogens (tertiary/aromatic N) is 9. The summed E-state index contributed by atoms with van der Waals surface area (Å²) in [5, 5.41) is 13.4. The van der Waals surface area contributed by atoms with E-state index in [1.54, 1.807) is 23.0 Å². The van der Waals surface area contributed by atoms with E-state index in [0.717, 1.165) is 184 Å². The largest absolute Gasteiger partial charge is 0.505 e. The SMILES string of the molecule is C1CCOC1.CC(C)(C)OC(=O)N1CC2(CCNCC2)C1.COc1c(Cl)cc(F)c(C=O)c1Cl.COc1c(Cl)cc(F)cc1Cl.Oc1c(Cl)cc(F)cc1Cl.[2H]CF.[C-]#[N+]c1c(F)cc(Cl)c(OC)c1Cl.[C-]#[N+]c1c(N2CCC3(CC2)CN(C(=O)OC(C)(C)C)C3)cc(Cl)c(OC)c1Cl.[C-]#[N+]c1c(N2CCC3(CC2)CN(C(=O)OC(C)(C)C)C3)cc(N2CCOCC2)c(OC)c1Cl. The number of amides is 3. The number of carbonyl (C=O) groups is 4. The number of piperidine rings is 3. The number of morpholine rings is 1. The Kier molecular flexibility index (Phi) is 42.6. The average Bonchev–Trinajstić information content (AvgIpc) is 0.964. The fourth-order valence-electron chi connectivity index (χ4n) is 14.8. The van der Waals surface area contributed by atoms with Crippen LogP contribution in [-0.2, 0) is 23.7 Å². The summed E-state index contributed by atoms with van der Waals surface area (Å²) < 4.78 is 118.